The van der Waals surface area contributed by atoms with Crippen LogP contribution in [0.5, 0.6) is 0 Å². The number of aliphatic hydroxyl groups is 1. The Morgan fingerprint density at radius 3 is 2.94 bits per heavy atom. The number of thioether (sulfide) groups is 1. The maximum atomic E-state index is 9.95. The quantitative estimate of drug-likeness (QED) is 0.764. The minimum absolute atomic E-state index is 0.310. The van der Waals surface area contributed by atoms with E-state index in [4.69, 9.17) is 4.74 Å². The van der Waals surface area contributed by atoms with Gasteiger partial charge in [0.2, 0.25) is 0 Å². The summed E-state index contributed by atoms with van der Waals surface area (Å²) in [6, 6.07) is 0. The molecule has 1 aromatic rings. The molecule has 17 heavy (non-hydrogen) atoms. The first-order chi connectivity index (χ1) is 8.25. The Kier molecular flexibility index (Phi) is 4.85. The van der Waals surface area contributed by atoms with Crippen LogP contribution in [0.4, 0.5) is 0 Å². The van der Waals surface area contributed by atoms with Gasteiger partial charge in [-0.15, -0.1) is 0 Å². The van der Waals surface area contributed by atoms with Gasteiger partial charge >= 0.3 is 0 Å². The number of aryl methyl sites for hydroxylation is 1. The summed E-state index contributed by atoms with van der Waals surface area (Å²) in [6.07, 6.45) is 3.38. The van der Waals surface area contributed by atoms with Gasteiger partial charge in [-0.1, -0.05) is 11.8 Å². The molecule has 0 spiro atoms. The van der Waals surface area contributed by atoms with Crippen molar-refractivity contribution in [3.05, 3.63) is 12.4 Å². The first kappa shape index (κ1) is 12.9. The fraction of sp³-hybridized carbons (Fsp3) is 0.727. The predicted octanol–water partition coefficient (Wildman–Crippen LogP) is 0.205. The van der Waals surface area contributed by atoms with Gasteiger partial charge in [0.15, 0.2) is 5.16 Å². The molecule has 5 nitrogen and oxygen atoms in total. The average molecular weight is 257 g/mol. The van der Waals surface area contributed by atoms with Crippen molar-refractivity contribution in [2.45, 2.75) is 11.3 Å². The van der Waals surface area contributed by atoms with Crippen LogP contribution in [0.15, 0.2) is 17.6 Å². The highest BCUT2D eigenvalue weighted by Crippen LogP contribution is 2.16. The fourth-order valence-electron chi connectivity index (χ4n) is 1.80. The van der Waals surface area contributed by atoms with Crippen molar-refractivity contribution >= 4 is 11.8 Å². The normalized spacial score (nSPS) is 19.4. The second-order valence-electron chi connectivity index (χ2n) is 4.20. The summed E-state index contributed by atoms with van der Waals surface area (Å²) in [5.74, 6) is 0.683. The van der Waals surface area contributed by atoms with E-state index in [0.717, 1.165) is 38.0 Å². The molecule has 0 unspecified atom stereocenters. The molecular weight excluding hydrogens is 238 g/mol. The van der Waals surface area contributed by atoms with Gasteiger partial charge in [-0.05, 0) is 0 Å². The van der Waals surface area contributed by atoms with Gasteiger partial charge in [0.25, 0.3) is 0 Å². The van der Waals surface area contributed by atoms with Crippen LogP contribution in [0.1, 0.15) is 0 Å². The maximum Gasteiger partial charge on any atom is 0.167 e. The summed E-state index contributed by atoms with van der Waals surface area (Å²) < 4.78 is 7.24. The fourth-order valence-corrected chi connectivity index (χ4v) is 2.64. The molecule has 1 fully saturated rings. The average Bonchev–Trinajstić information content (AvgIpc) is 2.74. The van der Waals surface area contributed by atoms with Crippen molar-refractivity contribution in [3.8, 4) is 0 Å². The molecule has 0 bridgehead atoms. The Morgan fingerprint density at radius 2 is 2.29 bits per heavy atom. The highest BCUT2D eigenvalue weighted by molar-refractivity contribution is 7.99. The number of morpholine rings is 1. The summed E-state index contributed by atoms with van der Waals surface area (Å²) in [7, 11) is 1.96. The van der Waals surface area contributed by atoms with Crippen LogP contribution >= 0.6 is 11.8 Å². The molecule has 96 valence electrons. The Hall–Kier alpha value is -0.560. The summed E-state index contributed by atoms with van der Waals surface area (Å²) >= 11 is 1.59. The smallest absolute Gasteiger partial charge is 0.167 e. The highest BCUT2D eigenvalue weighted by atomic mass is 32.2. The van der Waals surface area contributed by atoms with E-state index in [2.05, 4.69) is 9.88 Å². The Bertz CT molecular complexity index is 339. The van der Waals surface area contributed by atoms with Gasteiger partial charge in [-0.3, -0.25) is 4.90 Å². The van der Waals surface area contributed by atoms with E-state index in [0.29, 0.717) is 5.75 Å². The first-order valence-electron chi connectivity index (χ1n) is 5.84. The summed E-state index contributed by atoms with van der Waals surface area (Å²) in [6.45, 7) is 4.12. The number of hydrogen-bond acceptors (Lipinski definition) is 5. The Labute approximate surface area is 106 Å². The second kappa shape index (κ2) is 6.39. The lowest BCUT2D eigenvalue weighted by atomic mass is 10.3. The first-order valence-corrected chi connectivity index (χ1v) is 6.82. The van der Waals surface area contributed by atoms with Crippen molar-refractivity contribution in [2.75, 3.05) is 38.6 Å². The van der Waals surface area contributed by atoms with Crippen LogP contribution < -0.4 is 0 Å². The molecule has 1 atom stereocenters. The van der Waals surface area contributed by atoms with Crippen LogP contribution in [0.3, 0.4) is 0 Å². The minimum Gasteiger partial charge on any atom is -0.391 e. The SMILES string of the molecule is Cn1ccnc1SC[C@@H](O)CN1CCOCC1. The monoisotopic (exact) mass is 257 g/mol. The van der Waals surface area contributed by atoms with E-state index in [1.807, 2.05) is 17.8 Å². The molecule has 0 aromatic carbocycles. The Balaban J connectivity index is 1.70. The van der Waals surface area contributed by atoms with Crippen molar-refractivity contribution in [3.63, 3.8) is 0 Å². The number of aromatic nitrogens is 2. The van der Waals surface area contributed by atoms with Crippen molar-refractivity contribution < 1.29 is 9.84 Å². The molecule has 0 saturated carbocycles. The van der Waals surface area contributed by atoms with Gasteiger partial charge in [0.1, 0.15) is 0 Å². The van der Waals surface area contributed by atoms with E-state index in [-0.39, 0.29) is 6.10 Å². The van der Waals surface area contributed by atoms with Crippen LogP contribution in [0.2, 0.25) is 0 Å². The molecule has 2 heterocycles. The molecular formula is C11H19N3O2S. The van der Waals surface area contributed by atoms with Gasteiger partial charge < -0.3 is 14.4 Å². The zero-order valence-corrected chi connectivity index (χ0v) is 10.9. The molecule has 1 aliphatic rings. The Morgan fingerprint density at radius 1 is 1.53 bits per heavy atom. The van der Waals surface area contributed by atoms with Crippen LogP contribution in [-0.2, 0) is 11.8 Å². The van der Waals surface area contributed by atoms with Crippen molar-refractivity contribution in [1.29, 1.82) is 0 Å². The van der Waals surface area contributed by atoms with E-state index < -0.39 is 0 Å². The highest BCUT2D eigenvalue weighted by Gasteiger charge is 2.15. The summed E-state index contributed by atoms with van der Waals surface area (Å²) in [5, 5.41) is 10.9. The van der Waals surface area contributed by atoms with Gasteiger partial charge in [0, 0.05) is 44.8 Å². The third-order valence-electron chi connectivity index (χ3n) is 2.75. The van der Waals surface area contributed by atoms with Crippen LogP contribution in [0, 0.1) is 0 Å². The number of nitrogens with zero attached hydrogens (tertiary/aromatic N) is 3. The van der Waals surface area contributed by atoms with Gasteiger partial charge in [-0.25, -0.2) is 4.98 Å². The third-order valence-corrected chi connectivity index (χ3v) is 3.96. The topological polar surface area (TPSA) is 50.5 Å². The standard InChI is InChI=1S/C11H19N3O2S/c1-13-3-2-12-11(13)17-9-10(15)8-14-4-6-16-7-5-14/h2-3,10,15H,4-9H2,1H3/t10-/m0/s1. The molecule has 0 radical (unpaired) electrons. The molecule has 1 aromatic heterocycles. The molecule has 2 rings (SSSR count). The zero-order chi connectivity index (χ0) is 12.1. The van der Waals surface area contributed by atoms with E-state index in [9.17, 15) is 5.11 Å². The van der Waals surface area contributed by atoms with Crippen molar-refractivity contribution in [1.82, 2.24) is 14.5 Å². The molecule has 0 amide bonds. The third kappa shape index (κ3) is 3.99. The maximum absolute atomic E-state index is 9.95. The number of imidazole rings is 1. The van der Waals surface area contributed by atoms with Crippen LogP contribution in [-0.4, -0.2) is 64.3 Å². The summed E-state index contributed by atoms with van der Waals surface area (Å²) in [5.41, 5.74) is 0. The number of aliphatic hydroxyl groups excluding tert-OH is 1. The molecule has 1 saturated heterocycles. The van der Waals surface area contributed by atoms with Crippen molar-refractivity contribution in [2.24, 2.45) is 7.05 Å². The second-order valence-corrected chi connectivity index (χ2v) is 5.19. The largest absolute Gasteiger partial charge is 0.391 e. The lowest BCUT2D eigenvalue weighted by Gasteiger charge is -2.28. The van der Waals surface area contributed by atoms with E-state index >= 15 is 0 Å². The molecule has 1 aliphatic heterocycles. The summed E-state index contributed by atoms with van der Waals surface area (Å²) in [4.78, 5) is 6.46. The number of ether oxygens (including phenoxy) is 1. The van der Waals surface area contributed by atoms with Gasteiger partial charge in [0.05, 0.1) is 19.3 Å². The van der Waals surface area contributed by atoms with E-state index in [1.165, 1.54) is 0 Å². The van der Waals surface area contributed by atoms with E-state index in [1.54, 1.807) is 18.0 Å². The molecule has 1 N–H and O–H groups in total. The predicted molar refractivity (Wildman–Crippen MR) is 67.2 cm³/mol. The number of hydrogen-bond donors (Lipinski definition) is 1. The minimum atomic E-state index is -0.310. The number of rotatable bonds is 5. The lowest BCUT2D eigenvalue weighted by molar-refractivity contribution is 0.0188. The lowest BCUT2D eigenvalue weighted by Crippen LogP contribution is -2.41. The molecule has 6 heteroatoms. The molecule has 0 aliphatic carbocycles. The van der Waals surface area contributed by atoms with Gasteiger partial charge in [-0.2, -0.15) is 0 Å². The van der Waals surface area contributed by atoms with Crippen LogP contribution in [0.25, 0.3) is 0 Å². The number of β-amino-alcohol motifs (C(OH)–C–C–N with tert-alkyl or cyclic N) is 1. The zero-order valence-electron chi connectivity index (χ0n) is 10.1.